The van der Waals surface area contributed by atoms with Crippen LogP contribution in [0.5, 0.6) is 0 Å². The molecule has 198 valence electrons. The van der Waals surface area contributed by atoms with E-state index in [1.165, 1.54) is 4.90 Å². The van der Waals surface area contributed by atoms with Crippen LogP contribution in [-0.4, -0.2) is 81.7 Å². The molecule has 2 aromatic heterocycles. The number of fused-ring (bicyclic) bond motifs is 3. The van der Waals surface area contributed by atoms with Crippen LogP contribution in [0.2, 0.25) is 0 Å². The van der Waals surface area contributed by atoms with Gasteiger partial charge in [0, 0.05) is 44.1 Å². The fourth-order valence-corrected chi connectivity index (χ4v) is 7.98. The largest absolute Gasteiger partial charge is 0.390 e. The van der Waals surface area contributed by atoms with Crippen LogP contribution in [-0.2, 0) is 25.6 Å². The van der Waals surface area contributed by atoms with E-state index >= 15 is 0 Å². The predicted molar refractivity (Wildman–Crippen MR) is 134 cm³/mol. The lowest BCUT2D eigenvalue weighted by Crippen LogP contribution is -2.55. The van der Waals surface area contributed by atoms with Crippen LogP contribution in [0.4, 0.5) is 11.6 Å². The number of morpholine rings is 1. The van der Waals surface area contributed by atoms with E-state index in [1.54, 1.807) is 7.11 Å². The topological polar surface area (TPSA) is 134 Å². The molecule has 4 heterocycles. The van der Waals surface area contributed by atoms with Gasteiger partial charge in [-0.2, -0.15) is 5.10 Å². The molecule has 4 N–H and O–H groups in total. The van der Waals surface area contributed by atoms with Gasteiger partial charge in [-0.1, -0.05) is 0 Å². The standard InChI is InChI=1S/C26H34N6O5/c1-36-13-17-12-31(4-5-37-17)25(34)24(33)29-23-19-11-28-22-18(2-3-27-22)21(19)32(30-23)20-15-6-14-7-16(20)10-26(35,8-14)9-15/h2-3,14-17,20,27-28,35H,4-13H2,1H3,(H,29,30,33)/t14?,15-,16+,17-,20?,26?/m1/s1. The van der Waals surface area contributed by atoms with Crippen molar-refractivity contribution in [3.63, 3.8) is 0 Å². The maximum absolute atomic E-state index is 13.1. The van der Waals surface area contributed by atoms with Crippen molar-refractivity contribution in [3.8, 4) is 11.3 Å². The number of hydrogen-bond donors (Lipinski definition) is 4. The summed E-state index contributed by atoms with van der Waals surface area (Å²) in [6, 6.07) is 2.20. The Bertz CT molecular complexity index is 1220. The molecule has 4 aliphatic carbocycles. The molecule has 11 nitrogen and oxygen atoms in total. The monoisotopic (exact) mass is 510 g/mol. The average Bonchev–Trinajstić information content (AvgIpc) is 3.47. The van der Waals surface area contributed by atoms with Crippen LogP contribution in [0.15, 0.2) is 12.3 Å². The summed E-state index contributed by atoms with van der Waals surface area (Å²) < 4.78 is 12.9. The molecule has 4 bridgehead atoms. The van der Waals surface area contributed by atoms with E-state index < -0.39 is 17.4 Å². The summed E-state index contributed by atoms with van der Waals surface area (Å²) in [5, 5.41) is 22.4. The Morgan fingerprint density at radius 3 is 2.86 bits per heavy atom. The van der Waals surface area contributed by atoms with E-state index in [4.69, 9.17) is 14.6 Å². The fourth-order valence-electron chi connectivity index (χ4n) is 7.98. The Morgan fingerprint density at radius 1 is 1.30 bits per heavy atom. The molecule has 6 aliphatic rings. The third-order valence-corrected chi connectivity index (χ3v) is 9.13. The van der Waals surface area contributed by atoms with Gasteiger partial charge >= 0.3 is 11.8 Å². The van der Waals surface area contributed by atoms with Gasteiger partial charge in [0.15, 0.2) is 5.82 Å². The second-order valence-corrected chi connectivity index (χ2v) is 11.6. The molecule has 37 heavy (non-hydrogen) atoms. The number of nitrogens with one attached hydrogen (secondary N) is 3. The van der Waals surface area contributed by atoms with Gasteiger partial charge in [0.1, 0.15) is 5.82 Å². The highest BCUT2D eigenvalue weighted by Gasteiger charge is 2.56. The first kappa shape index (κ1) is 23.2. The molecule has 2 aromatic rings. The van der Waals surface area contributed by atoms with Gasteiger partial charge in [-0.05, 0) is 55.9 Å². The number of nitrogens with zero attached hydrogens (tertiary/aromatic N) is 3. The molecule has 0 aromatic carbocycles. The number of aliphatic hydroxyl groups is 1. The molecule has 8 rings (SSSR count). The van der Waals surface area contributed by atoms with Gasteiger partial charge in [-0.25, -0.2) is 0 Å². The number of ether oxygens (including phenoxy) is 2. The van der Waals surface area contributed by atoms with Gasteiger partial charge in [-0.3, -0.25) is 14.3 Å². The van der Waals surface area contributed by atoms with Crippen molar-refractivity contribution in [1.29, 1.82) is 0 Å². The maximum Gasteiger partial charge on any atom is 0.315 e. The Morgan fingerprint density at radius 2 is 2.11 bits per heavy atom. The lowest BCUT2D eigenvalue weighted by atomic mass is 9.52. The molecule has 0 radical (unpaired) electrons. The summed E-state index contributed by atoms with van der Waals surface area (Å²) in [6.45, 7) is 1.91. The minimum absolute atomic E-state index is 0.168. The molecule has 3 unspecified atom stereocenters. The zero-order valence-electron chi connectivity index (χ0n) is 21.0. The van der Waals surface area contributed by atoms with Crippen molar-refractivity contribution in [2.75, 3.05) is 44.0 Å². The molecular formula is C26H34N6O5. The summed E-state index contributed by atoms with van der Waals surface area (Å²) in [5.41, 5.74) is 2.36. The fraction of sp³-hybridized carbons (Fsp3) is 0.654. The summed E-state index contributed by atoms with van der Waals surface area (Å²) in [6.07, 6.45) is 6.40. The zero-order chi connectivity index (χ0) is 25.3. The number of hydrogen-bond acceptors (Lipinski definition) is 7. The molecule has 0 spiro atoms. The van der Waals surface area contributed by atoms with Gasteiger partial charge in [0.25, 0.3) is 0 Å². The minimum atomic E-state index is -0.690. The molecule has 1 saturated heterocycles. The number of aromatic nitrogens is 3. The molecule has 2 aliphatic heterocycles. The predicted octanol–water partition coefficient (Wildman–Crippen LogP) is 1.73. The summed E-state index contributed by atoms with van der Waals surface area (Å²) in [5.74, 6) is 1.38. The molecule has 4 saturated carbocycles. The van der Waals surface area contributed by atoms with Crippen molar-refractivity contribution >= 4 is 23.5 Å². The van der Waals surface area contributed by atoms with Crippen LogP contribution in [0.25, 0.3) is 11.3 Å². The molecule has 2 amide bonds. The second-order valence-electron chi connectivity index (χ2n) is 11.6. The van der Waals surface area contributed by atoms with E-state index in [0.717, 1.165) is 54.7 Å². The molecule has 6 atom stereocenters. The van der Waals surface area contributed by atoms with Crippen molar-refractivity contribution in [2.45, 2.75) is 56.4 Å². The Balaban J connectivity index is 1.20. The van der Waals surface area contributed by atoms with Crippen molar-refractivity contribution < 1.29 is 24.2 Å². The SMILES string of the molecule is COC[C@H]1CN(C(=O)C(=O)Nc2nn(C3[C@@H]4CC5C[C@H]3CC(O)(C5)C4)c3c2CNc2[nH]ccc2-3)CCO1. The van der Waals surface area contributed by atoms with Crippen LogP contribution >= 0.6 is 0 Å². The second kappa shape index (κ2) is 8.57. The first-order valence-corrected chi connectivity index (χ1v) is 13.4. The molecular weight excluding hydrogens is 476 g/mol. The third kappa shape index (κ3) is 3.78. The van der Waals surface area contributed by atoms with Gasteiger partial charge < -0.3 is 35.1 Å². The number of H-pyrrole nitrogens is 1. The van der Waals surface area contributed by atoms with E-state index in [9.17, 15) is 14.7 Å². The lowest BCUT2D eigenvalue weighted by Gasteiger charge is -2.58. The van der Waals surface area contributed by atoms with Crippen LogP contribution in [0, 0.1) is 17.8 Å². The number of methoxy groups -OCH3 is 1. The smallest absolute Gasteiger partial charge is 0.315 e. The van der Waals surface area contributed by atoms with Gasteiger partial charge in [-0.15, -0.1) is 0 Å². The lowest BCUT2D eigenvalue weighted by molar-refractivity contribution is -0.149. The zero-order valence-corrected chi connectivity index (χ0v) is 21.0. The van der Waals surface area contributed by atoms with Crippen molar-refractivity contribution in [3.05, 3.63) is 17.8 Å². The number of rotatable bonds is 4. The van der Waals surface area contributed by atoms with Gasteiger partial charge in [0.2, 0.25) is 0 Å². The van der Waals surface area contributed by atoms with Crippen molar-refractivity contribution in [2.24, 2.45) is 17.8 Å². The Labute approximate surface area is 214 Å². The highest BCUT2D eigenvalue weighted by atomic mass is 16.5. The molecule has 5 fully saturated rings. The number of anilines is 2. The minimum Gasteiger partial charge on any atom is -0.390 e. The van der Waals surface area contributed by atoms with Crippen molar-refractivity contribution in [1.82, 2.24) is 19.7 Å². The Kier molecular flexibility index (Phi) is 5.38. The molecule has 11 heteroatoms. The van der Waals surface area contributed by atoms with E-state index in [0.29, 0.717) is 56.4 Å². The summed E-state index contributed by atoms with van der Waals surface area (Å²) in [7, 11) is 1.59. The Hall–Kier alpha value is -2.89. The number of carbonyl (C=O) groups is 2. The van der Waals surface area contributed by atoms with Gasteiger partial charge in [0.05, 0.1) is 36.7 Å². The average molecular weight is 511 g/mol. The normalized spacial score (nSPS) is 33.6. The number of carbonyl (C=O) groups excluding carboxylic acids is 2. The van der Waals surface area contributed by atoms with E-state index in [-0.39, 0.29) is 12.1 Å². The van der Waals surface area contributed by atoms with Crippen LogP contribution < -0.4 is 10.6 Å². The number of amides is 2. The summed E-state index contributed by atoms with van der Waals surface area (Å²) >= 11 is 0. The highest BCUT2D eigenvalue weighted by Crippen LogP contribution is 2.60. The van der Waals surface area contributed by atoms with Crippen LogP contribution in [0.3, 0.4) is 0 Å². The summed E-state index contributed by atoms with van der Waals surface area (Å²) in [4.78, 5) is 31.0. The quantitative estimate of drug-likeness (QED) is 0.460. The van der Waals surface area contributed by atoms with E-state index in [1.807, 2.05) is 12.3 Å². The van der Waals surface area contributed by atoms with E-state index in [2.05, 4.69) is 20.3 Å². The van der Waals surface area contributed by atoms with Crippen LogP contribution in [0.1, 0.15) is 43.7 Å². The highest BCUT2D eigenvalue weighted by molar-refractivity contribution is 6.39. The third-order valence-electron chi connectivity index (χ3n) is 9.13. The maximum atomic E-state index is 13.1. The first-order valence-electron chi connectivity index (χ1n) is 13.4. The first-order chi connectivity index (χ1) is 17.9. The number of aromatic amines is 1.